The SMILES string of the molecule is O=C(CCC1CC1)N1CCC2(CC1)CCN(c1ccc(OC(F)(F)F)cc1)C2=O. The number of rotatable bonds is 5. The number of hydrogen-bond acceptors (Lipinski definition) is 3. The maximum absolute atomic E-state index is 13.1. The number of anilines is 1. The van der Waals surface area contributed by atoms with E-state index in [4.69, 9.17) is 0 Å². The molecule has 0 atom stereocenters. The first-order valence-electron chi connectivity index (χ1n) is 10.2. The molecule has 5 nitrogen and oxygen atoms in total. The monoisotopic (exact) mass is 410 g/mol. The fraction of sp³-hybridized carbons (Fsp3) is 0.619. The molecule has 2 amide bonds. The number of carbonyl (C=O) groups excluding carboxylic acids is 2. The fourth-order valence-corrected chi connectivity index (χ4v) is 4.43. The summed E-state index contributed by atoms with van der Waals surface area (Å²) in [5.41, 5.74) is 0.110. The molecule has 1 aliphatic carbocycles. The Morgan fingerprint density at radius 2 is 1.69 bits per heavy atom. The lowest BCUT2D eigenvalue weighted by atomic mass is 9.77. The maximum atomic E-state index is 13.1. The molecule has 0 unspecified atom stereocenters. The predicted octanol–water partition coefficient (Wildman–Crippen LogP) is 4.12. The van der Waals surface area contributed by atoms with Gasteiger partial charge in [-0.25, -0.2) is 0 Å². The minimum Gasteiger partial charge on any atom is -0.406 e. The number of piperidine rings is 1. The van der Waals surface area contributed by atoms with Crippen LogP contribution in [0.3, 0.4) is 0 Å². The third-order valence-corrected chi connectivity index (χ3v) is 6.43. The maximum Gasteiger partial charge on any atom is 0.573 e. The molecular weight excluding hydrogens is 385 g/mol. The van der Waals surface area contributed by atoms with Gasteiger partial charge >= 0.3 is 6.36 Å². The smallest absolute Gasteiger partial charge is 0.406 e. The molecule has 0 radical (unpaired) electrons. The van der Waals surface area contributed by atoms with Crippen LogP contribution in [0.15, 0.2) is 24.3 Å². The Kier molecular flexibility index (Phi) is 5.21. The van der Waals surface area contributed by atoms with Gasteiger partial charge in [-0.1, -0.05) is 12.8 Å². The summed E-state index contributed by atoms with van der Waals surface area (Å²) in [7, 11) is 0. The molecule has 2 saturated heterocycles. The highest BCUT2D eigenvalue weighted by Crippen LogP contribution is 2.43. The number of ether oxygens (including phenoxy) is 1. The van der Waals surface area contributed by atoms with Crippen LogP contribution < -0.4 is 9.64 Å². The summed E-state index contributed by atoms with van der Waals surface area (Å²) in [6.07, 6.45) is 1.31. The Morgan fingerprint density at radius 1 is 1.07 bits per heavy atom. The Morgan fingerprint density at radius 3 is 2.28 bits per heavy atom. The number of hydrogen-bond donors (Lipinski definition) is 0. The molecule has 8 heteroatoms. The predicted molar refractivity (Wildman–Crippen MR) is 100 cm³/mol. The van der Waals surface area contributed by atoms with E-state index >= 15 is 0 Å². The Balaban J connectivity index is 1.34. The van der Waals surface area contributed by atoms with Crippen LogP contribution in [0.1, 0.15) is 44.9 Å². The standard InChI is InChI=1S/C21H25F3N2O3/c22-21(23,24)29-17-6-4-16(5-7-17)26-14-11-20(19(26)28)9-12-25(13-10-20)18(27)8-3-15-1-2-15/h4-7,15H,1-3,8-14H2. The summed E-state index contributed by atoms with van der Waals surface area (Å²) in [6, 6.07) is 5.41. The number of benzene rings is 1. The third kappa shape index (κ3) is 4.51. The van der Waals surface area contributed by atoms with Gasteiger partial charge in [-0.15, -0.1) is 13.2 Å². The largest absolute Gasteiger partial charge is 0.573 e. The van der Waals surface area contributed by atoms with E-state index < -0.39 is 11.8 Å². The van der Waals surface area contributed by atoms with Crippen LogP contribution >= 0.6 is 0 Å². The van der Waals surface area contributed by atoms with Gasteiger partial charge in [-0.2, -0.15) is 0 Å². The molecule has 1 aromatic rings. The molecule has 4 rings (SSSR count). The van der Waals surface area contributed by atoms with Gasteiger partial charge in [0.25, 0.3) is 0 Å². The molecule has 29 heavy (non-hydrogen) atoms. The number of halogens is 3. The first-order valence-corrected chi connectivity index (χ1v) is 10.2. The van der Waals surface area contributed by atoms with Crippen LogP contribution in [-0.2, 0) is 9.59 Å². The van der Waals surface area contributed by atoms with E-state index in [9.17, 15) is 22.8 Å². The molecule has 3 fully saturated rings. The Labute approximate surface area is 167 Å². The number of carbonyl (C=O) groups is 2. The third-order valence-electron chi connectivity index (χ3n) is 6.43. The molecule has 2 aliphatic heterocycles. The number of likely N-dealkylation sites (tertiary alicyclic amines) is 1. The lowest BCUT2D eigenvalue weighted by molar-refractivity contribution is -0.274. The van der Waals surface area contributed by atoms with Crippen LogP contribution in [0.2, 0.25) is 0 Å². The van der Waals surface area contributed by atoms with Crippen molar-refractivity contribution in [3.05, 3.63) is 24.3 Å². The molecular formula is C21H25F3N2O3. The van der Waals surface area contributed by atoms with E-state index in [1.807, 2.05) is 4.90 Å². The fourth-order valence-electron chi connectivity index (χ4n) is 4.43. The van der Waals surface area contributed by atoms with Gasteiger partial charge in [0.15, 0.2) is 0 Å². The summed E-state index contributed by atoms with van der Waals surface area (Å²) in [5.74, 6) is 0.620. The number of nitrogens with zero attached hydrogens (tertiary/aromatic N) is 2. The second-order valence-electron chi connectivity index (χ2n) is 8.39. The average Bonchev–Trinajstić information content (AvgIpc) is 3.46. The van der Waals surface area contributed by atoms with Crippen molar-refractivity contribution in [3.63, 3.8) is 0 Å². The van der Waals surface area contributed by atoms with Gasteiger partial charge in [-0.05, 0) is 55.9 Å². The van der Waals surface area contributed by atoms with Gasteiger partial charge in [-0.3, -0.25) is 9.59 Å². The second kappa shape index (κ2) is 7.54. The van der Waals surface area contributed by atoms with Crippen LogP contribution in [0, 0.1) is 11.3 Å². The lowest BCUT2D eigenvalue weighted by Crippen LogP contribution is -2.46. The minimum atomic E-state index is -4.74. The first-order chi connectivity index (χ1) is 13.8. The summed E-state index contributed by atoms with van der Waals surface area (Å²) < 4.78 is 40.8. The summed E-state index contributed by atoms with van der Waals surface area (Å²) in [4.78, 5) is 29.0. The van der Waals surface area contributed by atoms with Gasteiger partial charge in [0, 0.05) is 31.7 Å². The topological polar surface area (TPSA) is 49.9 Å². The lowest BCUT2D eigenvalue weighted by Gasteiger charge is -2.38. The molecule has 1 spiro atoms. The molecule has 0 bridgehead atoms. The zero-order valence-corrected chi connectivity index (χ0v) is 16.2. The highest BCUT2D eigenvalue weighted by Gasteiger charge is 2.49. The summed E-state index contributed by atoms with van der Waals surface area (Å²) in [6.45, 7) is 1.73. The van der Waals surface area contributed by atoms with E-state index in [1.165, 1.54) is 37.1 Å². The summed E-state index contributed by atoms with van der Waals surface area (Å²) >= 11 is 0. The van der Waals surface area contributed by atoms with Crippen molar-refractivity contribution in [3.8, 4) is 5.75 Å². The minimum absolute atomic E-state index is 0.00655. The molecule has 1 saturated carbocycles. The van der Waals surface area contributed by atoms with Crippen molar-refractivity contribution in [1.29, 1.82) is 0 Å². The van der Waals surface area contributed by atoms with Crippen LogP contribution in [-0.4, -0.2) is 42.7 Å². The van der Waals surface area contributed by atoms with Gasteiger partial charge < -0.3 is 14.5 Å². The number of alkyl halides is 3. The second-order valence-corrected chi connectivity index (χ2v) is 8.39. The van der Waals surface area contributed by atoms with Crippen molar-refractivity contribution < 1.29 is 27.5 Å². The van der Waals surface area contributed by atoms with Gasteiger partial charge in [0.2, 0.25) is 11.8 Å². The molecule has 2 heterocycles. The molecule has 1 aromatic carbocycles. The van der Waals surface area contributed by atoms with E-state index in [-0.39, 0.29) is 17.6 Å². The Hall–Kier alpha value is -2.25. The van der Waals surface area contributed by atoms with Crippen molar-refractivity contribution in [1.82, 2.24) is 4.90 Å². The number of amides is 2. The van der Waals surface area contributed by atoms with Crippen LogP contribution in [0.5, 0.6) is 5.75 Å². The van der Waals surface area contributed by atoms with Crippen LogP contribution in [0.4, 0.5) is 18.9 Å². The average molecular weight is 410 g/mol. The molecule has 3 aliphatic rings. The zero-order chi connectivity index (χ0) is 20.6. The quantitative estimate of drug-likeness (QED) is 0.734. The van der Waals surface area contributed by atoms with E-state index in [2.05, 4.69) is 4.74 Å². The first kappa shape index (κ1) is 20.0. The van der Waals surface area contributed by atoms with Crippen molar-refractivity contribution >= 4 is 17.5 Å². The zero-order valence-electron chi connectivity index (χ0n) is 16.2. The Bertz CT molecular complexity index is 766. The van der Waals surface area contributed by atoms with Crippen molar-refractivity contribution in [2.24, 2.45) is 11.3 Å². The molecule has 0 N–H and O–H groups in total. The highest BCUT2D eigenvalue weighted by molar-refractivity contribution is 6.00. The van der Waals surface area contributed by atoms with Crippen molar-refractivity contribution in [2.75, 3.05) is 24.5 Å². The normalized spacial score (nSPS) is 21.7. The van der Waals surface area contributed by atoms with Crippen LogP contribution in [0.25, 0.3) is 0 Å². The van der Waals surface area contributed by atoms with Crippen molar-refractivity contribution in [2.45, 2.75) is 51.3 Å². The van der Waals surface area contributed by atoms with Gasteiger partial charge in [0.05, 0.1) is 5.41 Å². The van der Waals surface area contributed by atoms with Gasteiger partial charge in [0.1, 0.15) is 5.75 Å². The molecule has 158 valence electrons. The van der Waals surface area contributed by atoms with E-state index in [1.54, 1.807) is 4.90 Å². The van der Waals surface area contributed by atoms with E-state index in [0.717, 1.165) is 12.3 Å². The summed E-state index contributed by atoms with van der Waals surface area (Å²) in [5, 5.41) is 0. The molecule has 0 aromatic heterocycles. The van der Waals surface area contributed by atoms with E-state index in [0.29, 0.717) is 51.0 Å². The highest BCUT2D eigenvalue weighted by atomic mass is 19.4.